The van der Waals surface area contributed by atoms with Crippen molar-refractivity contribution >= 4 is 29.5 Å². The van der Waals surface area contributed by atoms with Crippen molar-refractivity contribution in [2.45, 2.75) is 32.1 Å². The Morgan fingerprint density at radius 3 is 2.58 bits per heavy atom. The van der Waals surface area contributed by atoms with Crippen molar-refractivity contribution in [3.63, 3.8) is 0 Å². The standard InChI is InChI=1S/C12H19N3O3S/c16-10(6-15-8-19-7-11(15)17)13-14-12(18)9-4-2-1-3-5-9/h9H,1-8H2,(H,13,16)(H,14,18). The van der Waals surface area contributed by atoms with Gasteiger partial charge in [-0.15, -0.1) is 11.8 Å². The van der Waals surface area contributed by atoms with Gasteiger partial charge >= 0.3 is 0 Å². The number of amides is 3. The van der Waals surface area contributed by atoms with Crippen LogP contribution < -0.4 is 10.9 Å². The molecule has 0 atom stereocenters. The number of hydrogen-bond donors (Lipinski definition) is 2. The lowest BCUT2D eigenvalue weighted by Gasteiger charge is -2.21. The number of hydrazine groups is 1. The van der Waals surface area contributed by atoms with Crippen molar-refractivity contribution in [3.8, 4) is 0 Å². The van der Waals surface area contributed by atoms with Gasteiger partial charge < -0.3 is 4.90 Å². The summed E-state index contributed by atoms with van der Waals surface area (Å²) in [5.74, 6) is 0.497. The molecule has 2 N–H and O–H groups in total. The van der Waals surface area contributed by atoms with E-state index in [0.29, 0.717) is 11.6 Å². The molecule has 19 heavy (non-hydrogen) atoms. The summed E-state index contributed by atoms with van der Waals surface area (Å²) in [6.07, 6.45) is 5.12. The molecule has 106 valence electrons. The Morgan fingerprint density at radius 1 is 1.21 bits per heavy atom. The molecular formula is C12H19N3O3S. The van der Waals surface area contributed by atoms with Gasteiger partial charge in [0, 0.05) is 5.92 Å². The molecule has 0 radical (unpaired) electrons. The molecule has 7 heteroatoms. The van der Waals surface area contributed by atoms with Gasteiger partial charge in [-0.1, -0.05) is 19.3 Å². The van der Waals surface area contributed by atoms with Crippen molar-refractivity contribution in [2.75, 3.05) is 18.2 Å². The maximum Gasteiger partial charge on any atom is 0.258 e. The van der Waals surface area contributed by atoms with E-state index in [1.54, 1.807) is 0 Å². The quantitative estimate of drug-likeness (QED) is 0.729. The first-order valence-corrected chi connectivity index (χ1v) is 7.76. The first-order chi connectivity index (χ1) is 9.16. The SMILES string of the molecule is O=C(CN1CSCC1=O)NNC(=O)C1CCCCC1. The van der Waals surface area contributed by atoms with Crippen molar-refractivity contribution in [1.29, 1.82) is 0 Å². The maximum atomic E-state index is 11.8. The summed E-state index contributed by atoms with van der Waals surface area (Å²) in [5, 5.41) is 0. The molecule has 2 rings (SSSR count). The van der Waals surface area contributed by atoms with Gasteiger partial charge in [0.2, 0.25) is 11.8 Å². The van der Waals surface area contributed by atoms with E-state index >= 15 is 0 Å². The van der Waals surface area contributed by atoms with E-state index in [1.165, 1.54) is 23.1 Å². The summed E-state index contributed by atoms with van der Waals surface area (Å²) in [5.41, 5.74) is 4.84. The highest BCUT2D eigenvalue weighted by molar-refractivity contribution is 8.00. The highest BCUT2D eigenvalue weighted by atomic mass is 32.2. The summed E-state index contributed by atoms with van der Waals surface area (Å²) in [6.45, 7) is 0.0107. The third-order valence-corrected chi connectivity index (χ3v) is 4.41. The Labute approximate surface area is 116 Å². The lowest BCUT2D eigenvalue weighted by molar-refractivity contribution is -0.135. The monoisotopic (exact) mass is 285 g/mol. The van der Waals surface area contributed by atoms with E-state index in [-0.39, 0.29) is 30.2 Å². The first kappa shape index (κ1) is 14.2. The molecule has 0 unspecified atom stereocenters. The van der Waals surface area contributed by atoms with Crippen LogP contribution in [-0.4, -0.2) is 40.8 Å². The zero-order chi connectivity index (χ0) is 13.7. The largest absolute Gasteiger partial charge is 0.323 e. The van der Waals surface area contributed by atoms with Crippen LogP contribution in [0.3, 0.4) is 0 Å². The fraction of sp³-hybridized carbons (Fsp3) is 0.750. The van der Waals surface area contributed by atoms with Crippen LogP contribution in [0.25, 0.3) is 0 Å². The molecule has 1 saturated heterocycles. The average Bonchev–Trinajstić information content (AvgIpc) is 2.82. The minimum Gasteiger partial charge on any atom is -0.323 e. The molecule has 1 aliphatic carbocycles. The second kappa shape index (κ2) is 6.79. The topological polar surface area (TPSA) is 78.5 Å². The van der Waals surface area contributed by atoms with Gasteiger partial charge in [-0.2, -0.15) is 0 Å². The number of rotatable bonds is 3. The van der Waals surface area contributed by atoms with E-state index < -0.39 is 0 Å². The molecule has 0 aromatic heterocycles. The number of nitrogens with zero attached hydrogens (tertiary/aromatic N) is 1. The molecule has 2 aliphatic rings. The van der Waals surface area contributed by atoms with Gasteiger partial charge in [-0.25, -0.2) is 0 Å². The summed E-state index contributed by atoms with van der Waals surface area (Å²) in [7, 11) is 0. The highest BCUT2D eigenvalue weighted by Crippen LogP contribution is 2.23. The molecule has 0 aromatic carbocycles. The highest BCUT2D eigenvalue weighted by Gasteiger charge is 2.24. The molecule has 0 aromatic rings. The Balaban J connectivity index is 1.67. The van der Waals surface area contributed by atoms with E-state index in [1.807, 2.05) is 0 Å². The second-order valence-electron chi connectivity index (χ2n) is 4.94. The molecule has 1 aliphatic heterocycles. The van der Waals surface area contributed by atoms with Crippen LogP contribution >= 0.6 is 11.8 Å². The summed E-state index contributed by atoms with van der Waals surface area (Å²) < 4.78 is 0. The van der Waals surface area contributed by atoms with Crippen LogP contribution in [0, 0.1) is 5.92 Å². The molecule has 1 heterocycles. The predicted octanol–water partition coefficient (Wildman–Crippen LogP) is 0.247. The molecule has 2 fully saturated rings. The molecule has 0 spiro atoms. The van der Waals surface area contributed by atoms with Crippen molar-refractivity contribution < 1.29 is 14.4 Å². The van der Waals surface area contributed by atoms with Crippen LogP contribution in [0.1, 0.15) is 32.1 Å². The number of hydrogen-bond acceptors (Lipinski definition) is 4. The Morgan fingerprint density at radius 2 is 1.95 bits per heavy atom. The van der Waals surface area contributed by atoms with E-state index in [4.69, 9.17) is 0 Å². The second-order valence-corrected chi connectivity index (χ2v) is 5.90. The van der Waals surface area contributed by atoms with Gasteiger partial charge in [-0.05, 0) is 12.8 Å². The number of nitrogens with one attached hydrogen (secondary N) is 2. The van der Waals surface area contributed by atoms with Crippen LogP contribution in [0.4, 0.5) is 0 Å². The van der Waals surface area contributed by atoms with Crippen LogP contribution in [0.15, 0.2) is 0 Å². The zero-order valence-electron chi connectivity index (χ0n) is 10.8. The summed E-state index contributed by atoms with van der Waals surface area (Å²) >= 11 is 1.49. The van der Waals surface area contributed by atoms with Crippen LogP contribution in [0.2, 0.25) is 0 Å². The Bertz CT molecular complexity index is 369. The smallest absolute Gasteiger partial charge is 0.258 e. The molecule has 0 bridgehead atoms. The van der Waals surface area contributed by atoms with Gasteiger partial charge in [0.25, 0.3) is 5.91 Å². The van der Waals surface area contributed by atoms with Crippen molar-refractivity contribution in [1.82, 2.24) is 15.8 Å². The van der Waals surface area contributed by atoms with E-state index in [2.05, 4.69) is 10.9 Å². The molecular weight excluding hydrogens is 266 g/mol. The van der Waals surface area contributed by atoms with Gasteiger partial charge in [0.15, 0.2) is 0 Å². The lowest BCUT2D eigenvalue weighted by atomic mass is 9.89. The van der Waals surface area contributed by atoms with Crippen LogP contribution in [0.5, 0.6) is 0 Å². The number of carbonyl (C=O) groups excluding carboxylic acids is 3. The maximum absolute atomic E-state index is 11.8. The van der Waals surface area contributed by atoms with E-state index in [9.17, 15) is 14.4 Å². The van der Waals surface area contributed by atoms with Crippen molar-refractivity contribution in [2.24, 2.45) is 5.92 Å². The van der Waals surface area contributed by atoms with E-state index in [0.717, 1.165) is 25.7 Å². The minimum absolute atomic E-state index is 0.0107. The number of carbonyl (C=O) groups is 3. The predicted molar refractivity (Wildman–Crippen MR) is 71.9 cm³/mol. The van der Waals surface area contributed by atoms with Gasteiger partial charge in [0.05, 0.1) is 11.6 Å². The van der Waals surface area contributed by atoms with Gasteiger partial charge in [-0.3, -0.25) is 25.2 Å². The number of thioether (sulfide) groups is 1. The third kappa shape index (κ3) is 4.12. The fourth-order valence-electron chi connectivity index (χ4n) is 2.35. The normalized spacial score (nSPS) is 20.4. The molecule has 3 amide bonds. The zero-order valence-corrected chi connectivity index (χ0v) is 11.6. The first-order valence-electron chi connectivity index (χ1n) is 6.61. The average molecular weight is 285 g/mol. The molecule has 6 nitrogen and oxygen atoms in total. The summed E-state index contributed by atoms with van der Waals surface area (Å²) in [4.78, 5) is 36.2. The fourth-order valence-corrected chi connectivity index (χ4v) is 3.26. The van der Waals surface area contributed by atoms with Crippen molar-refractivity contribution in [3.05, 3.63) is 0 Å². The van der Waals surface area contributed by atoms with Crippen LogP contribution in [-0.2, 0) is 14.4 Å². The lowest BCUT2D eigenvalue weighted by Crippen LogP contribution is -2.48. The Hall–Kier alpha value is -1.24. The third-order valence-electron chi connectivity index (χ3n) is 3.46. The summed E-state index contributed by atoms with van der Waals surface area (Å²) in [6, 6.07) is 0. The van der Waals surface area contributed by atoms with Gasteiger partial charge in [0.1, 0.15) is 6.54 Å². The molecule has 1 saturated carbocycles. The minimum atomic E-state index is -0.347. The Kier molecular flexibility index (Phi) is 5.07.